The zero-order valence-electron chi connectivity index (χ0n) is 17.5. The summed E-state index contributed by atoms with van der Waals surface area (Å²) >= 11 is 6.29. The minimum Gasteiger partial charge on any atom is -0.356 e. The number of hydrogen-bond acceptors (Lipinski definition) is 1. The Balaban J connectivity index is 1.88. The van der Waals surface area contributed by atoms with Crippen molar-refractivity contribution in [2.75, 3.05) is 6.54 Å². The maximum Gasteiger partial charge on any atom is 0.220 e. The van der Waals surface area contributed by atoms with Gasteiger partial charge in [0, 0.05) is 47.6 Å². The molecule has 1 aromatic heterocycles. The van der Waals surface area contributed by atoms with E-state index < -0.39 is 0 Å². The molecule has 154 valence electrons. The highest BCUT2D eigenvalue weighted by Crippen LogP contribution is 2.35. The van der Waals surface area contributed by atoms with Crippen molar-refractivity contribution in [1.29, 1.82) is 0 Å². The van der Waals surface area contributed by atoms with E-state index in [4.69, 9.17) is 11.6 Å². The first-order valence-corrected chi connectivity index (χ1v) is 11.1. The number of fused-ring (bicyclic) bond motifs is 1. The first kappa shape index (κ1) is 21.4. The zero-order chi connectivity index (χ0) is 20.6. The van der Waals surface area contributed by atoms with E-state index in [1.54, 1.807) is 0 Å². The largest absolute Gasteiger partial charge is 0.356 e. The van der Waals surface area contributed by atoms with Gasteiger partial charge in [0.25, 0.3) is 0 Å². The maximum absolute atomic E-state index is 12.8. The number of benzene rings is 2. The average molecular weight is 411 g/mol. The van der Waals surface area contributed by atoms with Crippen LogP contribution in [-0.4, -0.2) is 17.0 Å². The molecule has 0 radical (unpaired) electrons. The molecule has 2 aromatic carbocycles. The standard InChI is InChI=1S/C25H31ClN2O/c1-3-5-6-9-15-27-25(29)17-22(19-11-10-12-20(26)16-19)23-18-28(4-2)24-14-8-7-13-21(23)24/h7-8,10-14,16,18,22H,3-6,9,15,17H2,1-2H3,(H,27,29)/t22-/m0/s1. The quantitative estimate of drug-likeness (QED) is 0.378. The van der Waals surface area contributed by atoms with E-state index in [2.05, 4.69) is 60.3 Å². The summed E-state index contributed by atoms with van der Waals surface area (Å²) < 4.78 is 2.25. The highest BCUT2D eigenvalue weighted by molar-refractivity contribution is 6.30. The molecule has 0 unspecified atom stereocenters. The number of aryl methyl sites for hydroxylation is 1. The first-order chi connectivity index (χ1) is 14.1. The summed E-state index contributed by atoms with van der Waals surface area (Å²) in [5, 5.41) is 5.02. The molecule has 0 bridgehead atoms. The van der Waals surface area contributed by atoms with Crippen LogP contribution in [0.1, 0.15) is 63.0 Å². The lowest BCUT2D eigenvalue weighted by Crippen LogP contribution is -2.26. The van der Waals surface area contributed by atoms with Crippen molar-refractivity contribution in [2.24, 2.45) is 0 Å². The lowest BCUT2D eigenvalue weighted by atomic mass is 9.88. The molecule has 0 spiro atoms. The number of rotatable bonds is 10. The normalized spacial score (nSPS) is 12.2. The van der Waals surface area contributed by atoms with Crippen molar-refractivity contribution in [3.8, 4) is 0 Å². The van der Waals surface area contributed by atoms with Crippen LogP contribution in [0.25, 0.3) is 10.9 Å². The molecular weight excluding hydrogens is 380 g/mol. The van der Waals surface area contributed by atoms with Gasteiger partial charge in [-0.2, -0.15) is 0 Å². The van der Waals surface area contributed by atoms with Crippen molar-refractivity contribution in [1.82, 2.24) is 9.88 Å². The van der Waals surface area contributed by atoms with Gasteiger partial charge in [-0.3, -0.25) is 4.79 Å². The second-order valence-electron chi connectivity index (χ2n) is 7.61. The van der Waals surface area contributed by atoms with Crippen molar-refractivity contribution >= 4 is 28.4 Å². The number of halogens is 1. The summed E-state index contributed by atoms with van der Waals surface area (Å²) in [7, 11) is 0. The lowest BCUT2D eigenvalue weighted by molar-refractivity contribution is -0.121. The van der Waals surface area contributed by atoms with E-state index in [1.165, 1.54) is 35.7 Å². The SMILES string of the molecule is CCCCCCNC(=O)C[C@@H](c1cccc(Cl)c1)c1cn(CC)c2ccccc12. The van der Waals surface area contributed by atoms with Crippen LogP contribution in [0.3, 0.4) is 0 Å². The average Bonchev–Trinajstić information content (AvgIpc) is 3.10. The van der Waals surface area contributed by atoms with E-state index in [-0.39, 0.29) is 11.8 Å². The van der Waals surface area contributed by atoms with E-state index in [9.17, 15) is 4.79 Å². The molecule has 4 heteroatoms. The number of carbonyl (C=O) groups excluding carboxylic acids is 1. The molecule has 3 aromatic rings. The molecular formula is C25H31ClN2O. The number of hydrogen-bond donors (Lipinski definition) is 1. The molecule has 1 N–H and O–H groups in total. The van der Waals surface area contributed by atoms with Gasteiger partial charge < -0.3 is 9.88 Å². The number of nitrogens with zero attached hydrogens (tertiary/aromatic N) is 1. The van der Waals surface area contributed by atoms with Gasteiger partial charge >= 0.3 is 0 Å². The summed E-state index contributed by atoms with van der Waals surface area (Å²) in [6, 6.07) is 16.3. The number of amides is 1. The maximum atomic E-state index is 12.8. The van der Waals surface area contributed by atoms with E-state index in [0.717, 1.165) is 25.1 Å². The Morgan fingerprint density at radius 2 is 1.90 bits per heavy atom. The van der Waals surface area contributed by atoms with Crippen LogP contribution in [-0.2, 0) is 11.3 Å². The van der Waals surface area contributed by atoms with Gasteiger partial charge in [0.05, 0.1) is 0 Å². The molecule has 0 saturated carbocycles. The summed E-state index contributed by atoms with van der Waals surface area (Å²) in [5.41, 5.74) is 3.47. The zero-order valence-corrected chi connectivity index (χ0v) is 18.2. The molecule has 3 rings (SSSR count). The lowest BCUT2D eigenvalue weighted by Gasteiger charge is -2.18. The second kappa shape index (κ2) is 10.5. The predicted molar refractivity (Wildman–Crippen MR) is 123 cm³/mol. The molecule has 29 heavy (non-hydrogen) atoms. The van der Waals surface area contributed by atoms with Crippen LogP contribution in [0.4, 0.5) is 0 Å². The molecule has 0 aliphatic carbocycles. The topological polar surface area (TPSA) is 34.0 Å². The van der Waals surface area contributed by atoms with E-state index in [1.807, 2.05) is 18.2 Å². The Morgan fingerprint density at radius 3 is 2.66 bits per heavy atom. The molecule has 0 aliphatic heterocycles. The molecule has 3 nitrogen and oxygen atoms in total. The third-order valence-electron chi connectivity index (χ3n) is 5.53. The van der Waals surface area contributed by atoms with E-state index >= 15 is 0 Å². The van der Waals surface area contributed by atoms with Crippen LogP contribution in [0.15, 0.2) is 54.7 Å². The van der Waals surface area contributed by atoms with Crippen LogP contribution in [0.2, 0.25) is 5.02 Å². The Morgan fingerprint density at radius 1 is 1.07 bits per heavy atom. The summed E-state index contributed by atoms with van der Waals surface area (Å²) in [4.78, 5) is 12.8. The highest BCUT2D eigenvalue weighted by Gasteiger charge is 2.22. The number of unbranched alkanes of at least 4 members (excludes halogenated alkanes) is 3. The minimum atomic E-state index is -0.0259. The molecule has 1 heterocycles. The Hall–Kier alpha value is -2.26. The van der Waals surface area contributed by atoms with E-state index in [0.29, 0.717) is 11.4 Å². The van der Waals surface area contributed by atoms with Gasteiger partial charge in [-0.05, 0) is 42.7 Å². The van der Waals surface area contributed by atoms with Crippen LogP contribution in [0.5, 0.6) is 0 Å². The number of para-hydroxylation sites is 1. The van der Waals surface area contributed by atoms with Crippen molar-refractivity contribution in [2.45, 2.75) is 58.4 Å². The van der Waals surface area contributed by atoms with Crippen molar-refractivity contribution in [3.63, 3.8) is 0 Å². The summed E-state index contributed by atoms with van der Waals surface area (Å²) in [6.07, 6.45) is 7.25. The van der Waals surface area contributed by atoms with Gasteiger partial charge in [0.15, 0.2) is 0 Å². The number of nitrogens with one attached hydrogen (secondary N) is 1. The third kappa shape index (κ3) is 5.42. The predicted octanol–water partition coefficient (Wildman–Crippen LogP) is 6.53. The Bertz CT molecular complexity index is 947. The summed E-state index contributed by atoms with van der Waals surface area (Å²) in [6.45, 7) is 5.98. The van der Waals surface area contributed by atoms with Gasteiger partial charge in [-0.25, -0.2) is 0 Å². The van der Waals surface area contributed by atoms with Crippen LogP contribution in [0, 0.1) is 0 Å². The smallest absolute Gasteiger partial charge is 0.220 e. The number of aromatic nitrogens is 1. The monoisotopic (exact) mass is 410 g/mol. The van der Waals surface area contributed by atoms with Gasteiger partial charge in [0.2, 0.25) is 5.91 Å². The highest BCUT2D eigenvalue weighted by atomic mass is 35.5. The number of carbonyl (C=O) groups is 1. The first-order valence-electron chi connectivity index (χ1n) is 10.7. The summed E-state index contributed by atoms with van der Waals surface area (Å²) in [5.74, 6) is 0.0712. The Kier molecular flexibility index (Phi) is 7.76. The third-order valence-corrected chi connectivity index (χ3v) is 5.76. The fourth-order valence-corrected chi connectivity index (χ4v) is 4.18. The van der Waals surface area contributed by atoms with Gasteiger partial charge in [-0.1, -0.05) is 68.1 Å². The van der Waals surface area contributed by atoms with Crippen molar-refractivity contribution < 1.29 is 4.79 Å². The van der Waals surface area contributed by atoms with Gasteiger partial charge in [0.1, 0.15) is 0 Å². The fraction of sp³-hybridized carbons (Fsp3) is 0.400. The molecule has 0 fully saturated rings. The Labute approximate surface area is 179 Å². The van der Waals surface area contributed by atoms with Crippen LogP contribution < -0.4 is 5.32 Å². The van der Waals surface area contributed by atoms with Gasteiger partial charge in [-0.15, -0.1) is 0 Å². The molecule has 1 atom stereocenters. The van der Waals surface area contributed by atoms with Crippen LogP contribution >= 0.6 is 11.6 Å². The van der Waals surface area contributed by atoms with Crippen molar-refractivity contribution in [3.05, 3.63) is 70.9 Å². The molecule has 0 aliphatic rings. The minimum absolute atomic E-state index is 0.0259. The second-order valence-corrected chi connectivity index (χ2v) is 8.05. The molecule has 0 saturated heterocycles. The molecule has 1 amide bonds. The fourth-order valence-electron chi connectivity index (χ4n) is 3.98.